The minimum Gasteiger partial charge on any atom is -0.465 e. The number of allylic oxidation sites excluding steroid dienone is 2. The van der Waals surface area contributed by atoms with Crippen molar-refractivity contribution < 1.29 is 29.3 Å². The average Bonchev–Trinajstić information content (AvgIpc) is 3.08. The van der Waals surface area contributed by atoms with E-state index in [0.717, 1.165) is 44.9 Å². The monoisotopic (exact) mass is 667 g/mol. The molecule has 0 fully saturated rings. The first-order chi connectivity index (χ1) is 23.0. The van der Waals surface area contributed by atoms with Crippen molar-refractivity contribution in [3.8, 4) is 0 Å². The molecule has 0 amide bonds. The normalized spacial score (nSPS) is 11.8. The summed E-state index contributed by atoms with van der Waals surface area (Å²) < 4.78 is 10.7. The molecule has 0 rings (SSSR count). The van der Waals surface area contributed by atoms with Gasteiger partial charge in [-0.05, 0) is 38.5 Å². The number of carbonyl (C=O) groups excluding carboxylic acids is 2. The summed E-state index contributed by atoms with van der Waals surface area (Å²) in [4.78, 5) is 24.5. The fraction of sp³-hybridized carbons (Fsp3) is 0.902. The van der Waals surface area contributed by atoms with Gasteiger partial charge in [0.1, 0.15) is 13.2 Å². The number of hydrogen-bond donors (Lipinski definition) is 2. The summed E-state index contributed by atoms with van der Waals surface area (Å²) in [6, 6.07) is 0. The van der Waals surface area contributed by atoms with Gasteiger partial charge < -0.3 is 19.7 Å². The summed E-state index contributed by atoms with van der Waals surface area (Å²) in [5.41, 5.74) is -1.16. The predicted octanol–water partition coefficient (Wildman–Crippen LogP) is 11.3. The largest absolute Gasteiger partial charge is 0.465 e. The van der Waals surface area contributed by atoms with Crippen molar-refractivity contribution in [1.82, 2.24) is 0 Å². The van der Waals surface area contributed by atoms with Gasteiger partial charge in [0.05, 0.1) is 18.6 Å². The summed E-state index contributed by atoms with van der Waals surface area (Å²) in [7, 11) is 0. The third-order valence-electron chi connectivity index (χ3n) is 9.38. The molecule has 278 valence electrons. The Bertz CT molecular complexity index is 702. The lowest BCUT2D eigenvalue weighted by molar-refractivity contribution is -0.159. The van der Waals surface area contributed by atoms with Gasteiger partial charge in [0.25, 0.3) is 0 Å². The second-order valence-corrected chi connectivity index (χ2v) is 14.2. The van der Waals surface area contributed by atoms with E-state index >= 15 is 0 Å². The van der Waals surface area contributed by atoms with Crippen molar-refractivity contribution in [2.45, 2.75) is 206 Å². The topological polar surface area (TPSA) is 93.1 Å². The Kier molecular flexibility index (Phi) is 34.8. The molecule has 0 heterocycles. The highest BCUT2D eigenvalue weighted by Crippen LogP contribution is 2.19. The smallest absolute Gasteiger partial charge is 0.305 e. The van der Waals surface area contributed by atoms with Crippen LogP contribution in [0.1, 0.15) is 206 Å². The lowest BCUT2D eigenvalue weighted by Crippen LogP contribution is -2.41. The number of unbranched alkanes of at least 4 members (excludes halogenated alkanes) is 25. The van der Waals surface area contributed by atoms with Gasteiger partial charge in [-0.2, -0.15) is 0 Å². The second-order valence-electron chi connectivity index (χ2n) is 14.2. The van der Waals surface area contributed by atoms with Gasteiger partial charge in [0, 0.05) is 12.8 Å². The Labute approximate surface area is 291 Å². The fourth-order valence-corrected chi connectivity index (χ4v) is 5.87. The van der Waals surface area contributed by atoms with Crippen molar-refractivity contribution in [1.29, 1.82) is 0 Å². The Balaban J connectivity index is 3.76. The van der Waals surface area contributed by atoms with Crippen LogP contribution in [-0.4, -0.2) is 48.6 Å². The highest BCUT2D eigenvalue weighted by Gasteiger charge is 2.33. The summed E-state index contributed by atoms with van der Waals surface area (Å²) in [6.07, 6.45) is 40.0. The average molecular weight is 667 g/mol. The van der Waals surface area contributed by atoms with Gasteiger partial charge in [-0.1, -0.05) is 167 Å². The Morgan fingerprint density at radius 3 is 1.02 bits per heavy atom. The molecule has 0 aromatic rings. The summed E-state index contributed by atoms with van der Waals surface area (Å²) in [5, 5.41) is 19.8. The Morgan fingerprint density at radius 1 is 0.447 bits per heavy atom. The molecule has 0 aliphatic carbocycles. The highest BCUT2D eigenvalue weighted by atomic mass is 16.5. The molecular formula is C41H78O6. The zero-order chi connectivity index (χ0) is 34.5. The second kappa shape index (κ2) is 35.9. The molecule has 0 radical (unpaired) electrons. The maximum atomic E-state index is 12.3. The van der Waals surface area contributed by atoms with E-state index < -0.39 is 18.6 Å². The van der Waals surface area contributed by atoms with E-state index in [2.05, 4.69) is 26.0 Å². The number of aliphatic hydroxyl groups excluding tert-OH is 2. The van der Waals surface area contributed by atoms with Gasteiger partial charge in [-0.25, -0.2) is 0 Å². The number of ether oxygens (including phenoxy) is 2. The van der Waals surface area contributed by atoms with Crippen LogP contribution in [0.5, 0.6) is 0 Å². The van der Waals surface area contributed by atoms with E-state index in [0.29, 0.717) is 12.8 Å². The van der Waals surface area contributed by atoms with Crippen LogP contribution < -0.4 is 0 Å². The van der Waals surface area contributed by atoms with E-state index in [9.17, 15) is 19.8 Å². The molecule has 0 aliphatic heterocycles. The minimum absolute atomic E-state index is 0.155. The first kappa shape index (κ1) is 45.6. The number of aliphatic hydroxyl groups is 2. The summed E-state index contributed by atoms with van der Waals surface area (Å²) in [5.74, 6) is -0.663. The molecule has 47 heavy (non-hydrogen) atoms. The van der Waals surface area contributed by atoms with Gasteiger partial charge >= 0.3 is 11.9 Å². The minimum atomic E-state index is -1.16. The van der Waals surface area contributed by atoms with Crippen LogP contribution in [0, 0.1) is 5.41 Å². The first-order valence-corrected chi connectivity index (χ1v) is 20.2. The van der Waals surface area contributed by atoms with Crippen molar-refractivity contribution >= 4 is 11.9 Å². The molecular weight excluding hydrogens is 588 g/mol. The van der Waals surface area contributed by atoms with Crippen LogP contribution in [0.15, 0.2) is 12.2 Å². The van der Waals surface area contributed by atoms with Gasteiger partial charge in [0.2, 0.25) is 0 Å². The van der Waals surface area contributed by atoms with Crippen LogP contribution in [0.3, 0.4) is 0 Å². The Hall–Kier alpha value is -1.40. The highest BCUT2D eigenvalue weighted by molar-refractivity contribution is 5.69. The molecule has 2 N–H and O–H groups in total. The molecule has 0 atom stereocenters. The van der Waals surface area contributed by atoms with Crippen molar-refractivity contribution in [3.05, 3.63) is 12.2 Å². The molecule has 0 bridgehead atoms. The lowest BCUT2D eigenvalue weighted by Gasteiger charge is -2.28. The van der Waals surface area contributed by atoms with Crippen LogP contribution in [0.25, 0.3) is 0 Å². The molecule has 0 spiro atoms. The molecule has 6 nitrogen and oxygen atoms in total. The van der Waals surface area contributed by atoms with Crippen LogP contribution in [-0.2, 0) is 19.1 Å². The zero-order valence-corrected chi connectivity index (χ0v) is 31.2. The van der Waals surface area contributed by atoms with E-state index in [-0.39, 0.29) is 25.2 Å². The number of hydrogen-bond acceptors (Lipinski definition) is 6. The number of carbonyl (C=O) groups is 2. The van der Waals surface area contributed by atoms with Crippen molar-refractivity contribution in [3.63, 3.8) is 0 Å². The van der Waals surface area contributed by atoms with Crippen LogP contribution in [0.2, 0.25) is 0 Å². The van der Waals surface area contributed by atoms with E-state index in [4.69, 9.17) is 9.47 Å². The third kappa shape index (κ3) is 31.6. The van der Waals surface area contributed by atoms with Gasteiger partial charge in [-0.3, -0.25) is 9.59 Å². The maximum Gasteiger partial charge on any atom is 0.305 e. The van der Waals surface area contributed by atoms with Crippen LogP contribution >= 0.6 is 0 Å². The first-order valence-electron chi connectivity index (χ1n) is 20.2. The zero-order valence-electron chi connectivity index (χ0n) is 31.2. The van der Waals surface area contributed by atoms with Crippen molar-refractivity contribution in [2.75, 3.05) is 26.4 Å². The van der Waals surface area contributed by atoms with E-state index in [1.54, 1.807) is 0 Å². The molecule has 0 aromatic carbocycles. The maximum absolute atomic E-state index is 12.3. The SMILES string of the molecule is CCCCCCCCC=CCCCCCCCC(=O)OCC(CO)(CO)COC(=O)CCCCCCCCCCCCCCCCC. The van der Waals surface area contributed by atoms with E-state index in [1.165, 1.54) is 135 Å². The molecule has 0 saturated carbocycles. The standard InChI is InChI=1S/C41H78O6/c1-3-5-7-9-11-13-15-17-19-21-23-25-27-29-31-33-39(44)46-37-41(35-42,36-43)38-47-40(45)34-32-30-28-26-24-22-20-18-16-14-12-10-8-6-4-2/h17,19,42-43H,3-16,18,20-38H2,1-2H3. The van der Waals surface area contributed by atoms with E-state index in [1.807, 2.05) is 0 Å². The van der Waals surface area contributed by atoms with Gasteiger partial charge in [0.15, 0.2) is 0 Å². The fourth-order valence-electron chi connectivity index (χ4n) is 5.87. The third-order valence-corrected chi connectivity index (χ3v) is 9.38. The molecule has 0 unspecified atom stereocenters. The molecule has 0 aliphatic rings. The number of rotatable bonds is 37. The lowest BCUT2D eigenvalue weighted by atomic mass is 9.92. The molecule has 6 heteroatoms. The summed E-state index contributed by atoms with van der Waals surface area (Å²) in [6.45, 7) is 3.37. The van der Waals surface area contributed by atoms with Crippen LogP contribution in [0.4, 0.5) is 0 Å². The number of esters is 2. The summed E-state index contributed by atoms with van der Waals surface area (Å²) >= 11 is 0. The quantitative estimate of drug-likeness (QED) is 0.0389. The predicted molar refractivity (Wildman–Crippen MR) is 198 cm³/mol. The molecule has 0 aromatic heterocycles. The van der Waals surface area contributed by atoms with Gasteiger partial charge in [-0.15, -0.1) is 0 Å². The van der Waals surface area contributed by atoms with Crippen molar-refractivity contribution in [2.24, 2.45) is 5.41 Å². The molecule has 0 saturated heterocycles. The Morgan fingerprint density at radius 2 is 0.723 bits per heavy atom.